The zero-order valence-corrected chi connectivity index (χ0v) is 17.4. The molecule has 0 saturated carbocycles. The van der Waals surface area contributed by atoms with Crippen molar-refractivity contribution >= 4 is 0 Å². The molecule has 146 valence electrons. The molecule has 1 aromatic rings. The Morgan fingerprint density at radius 1 is 1.04 bits per heavy atom. The first-order chi connectivity index (χ1) is 12.6. The smallest absolute Gasteiger partial charge is 0.0808 e. The summed E-state index contributed by atoms with van der Waals surface area (Å²) in [5.74, 6) is 0. The quantitative estimate of drug-likeness (QED) is 0.606. The first-order valence-corrected chi connectivity index (χ1v) is 10.5. The van der Waals surface area contributed by atoms with Crippen LogP contribution in [0.15, 0.2) is 54.1 Å². The van der Waals surface area contributed by atoms with Crippen LogP contribution in [-0.2, 0) is 6.42 Å². The average molecular weight is 358 g/mol. The number of hydrogen-bond donors (Lipinski definition) is 1. The Labute approximate surface area is 161 Å². The highest BCUT2D eigenvalue weighted by Crippen LogP contribution is 2.23. The molecule has 1 aromatic carbocycles. The predicted molar refractivity (Wildman–Crippen MR) is 115 cm³/mol. The number of aryl methyl sites for hydroxylation is 1. The van der Waals surface area contributed by atoms with Crippen LogP contribution in [0.3, 0.4) is 0 Å². The fourth-order valence-electron chi connectivity index (χ4n) is 3.37. The van der Waals surface area contributed by atoms with E-state index in [2.05, 4.69) is 60.4 Å². The molecule has 0 aromatic heterocycles. The number of nitrogens with zero attached hydrogens (tertiary/aromatic N) is 1. The predicted octanol–water partition coefficient (Wildman–Crippen LogP) is 5.77. The maximum absolute atomic E-state index is 10.3. The molecule has 1 atom stereocenters. The fraction of sp³-hybridized carbons (Fsp3) is 0.583. The molecular weight excluding hydrogens is 318 g/mol. The summed E-state index contributed by atoms with van der Waals surface area (Å²) in [4.78, 5) is 2.54. The van der Waals surface area contributed by atoms with Gasteiger partial charge in [-0.15, -0.1) is 0 Å². The van der Waals surface area contributed by atoms with Crippen LogP contribution in [0.25, 0.3) is 0 Å². The summed E-state index contributed by atoms with van der Waals surface area (Å²) in [6, 6.07) is 10.8. The van der Waals surface area contributed by atoms with E-state index in [9.17, 15) is 5.11 Å². The lowest BCUT2D eigenvalue weighted by molar-refractivity contribution is 0.103. The van der Waals surface area contributed by atoms with Crippen molar-refractivity contribution in [2.24, 2.45) is 0 Å². The third-order valence-electron chi connectivity index (χ3n) is 4.82. The van der Waals surface area contributed by atoms with Gasteiger partial charge in [-0.1, -0.05) is 69.3 Å². The normalized spacial score (nSPS) is 19.5. The van der Waals surface area contributed by atoms with Gasteiger partial charge in [-0.3, -0.25) is 0 Å². The summed E-state index contributed by atoms with van der Waals surface area (Å²) in [6.07, 6.45) is 12.8. The minimum Gasteiger partial charge on any atom is -0.386 e. The molecule has 0 radical (unpaired) electrons. The van der Waals surface area contributed by atoms with Crippen LogP contribution in [-0.4, -0.2) is 35.2 Å². The van der Waals surface area contributed by atoms with Crippen molar-refractivity contribution in [3.05, 3.63) is 59.7 Å². The van der Waals surface area contributed by atoms with E-state index in [1.165, 1.54) is 17.6 Å². The lowest BCUT2D eigenvalue weighted by Crippen LogP contribution is -2.26. The molecule has 0 fully saturated rings. The van der Waals surface area contributed by atoms with Gasteiger partial charge < -0.3 is 10.0 Å². The standard InChI is InChI=1S/C22H33NO.C2H6/c1-3-23(17-9-14-20-11-5-4-6-12-20)18-10-15-21-13-7-8-16-22(2,24)19-21;1-2/h4-7,11-13,19,24H,3,8-10,14-18H2,1-2H3;1-2H3. The lowest BCUT2D eigenvalue weighted by Gasteiger charge is -2.21. The highest BCUT2D eigenvalue weighted by molar-refractivity contribution is 5.24. The molecule has 0 bridgehead atoms. The van der Waals surface area contributed by atoms with E-state index in [1.54, 1.807) is 0 Å². The number of benzene rings is 1. The van der Waals surface area contributed by atoms with Crippen LogP contribution in [0.2, 0.25) is 0 Å². The molecule has 0 saturated heterocycles. The van der Waals surface area contributed by atoms with Gasteiger partial charge in [0.1, 0.15) is 0 Å². The maximum atomic E-state index is 10.3. The largest absolute Gasteiger partial charge is 0.386 e. The number of rotatable bonds is 9. The van der Waals surface area contributed by atoms with Crippen LogP contribution in [0.1, 0.15) is 65.4 Å². The summed E-state index contributed by atoms with van der Waals surface area (Å²) in [6.45, 7) is 11.6. The van der Waals surface area contributed by atoms with E-state index in [-0.39, 0.29) is 0 Å². The van der Waals surface area contributed by atoms with Gasteiger partial charge in [0.05, 0.1) is 5.60 Å². The molecule has 1 aliphatic rings. The zero-order valence-electron chi connectivity index (χ0n) is 17.4. The second kappa shape index (κ2) is 12.9. The minimum atomic E-state index is -0.640. The van der Waals surface area contributed by atoms with E-state index in [0.29, 0.717) is 0 Å². The Morgan fingerprint density at radius 3 is 2.35 bits per heavy atom. The molecular formula is C24H39NO. The highest BCUT2D eigenvalue weighted by Gasteiger charge is 2.18. The third kappa shape index (κ3) is 9.35. The summed E-state index contributed by atoms with van der Waals surface area (Å²) in [7, 11) is 0. The Hall–Kier alpha value is -1.38. The van der Waals surface area contributed by atoms with Crippen LogP contribution < -0.4 is 0 Å². The van der Waals surface area contributed by atoms with Gasteiger partial charge >= 0.3 is 0 Å². The lowest BCUT2D eigenvalue weighted by atomic mass is 9.98. The topological polar surface area (TPSA) is 23.5 Å². The molecule has 0 spiro atoms. The SMILES string of the molecule is CC.CCN(CCCC1=CC(C)(O)CCC=C1)CCCc1ccccc1. The second-order valence-corrected chi connectivity index (χ2v) is 7.14. The van der Waals surface area contributed by atoms with Gasteiger partial charge in [-0.25, -0.2) is 0 Å². The second-order valence-electron chi connectivity index (χ2n) is 7.14. The summed E-state index contributed by atoms with van der Waals surface area (Å²) < 4.78 is 0. The van der Waals surface area contributed by atoms with Gasteiger partial charge in [0.25, 0.3) is 0 Å². The van der Waals surface area contributed by atoms with Crippen LogP contribution in [0.5, 0.6) is 0 Å². The minimum absolute atomic E-state index is 0.640. The molecule has 1 N–H and O–H groups in total. The zero-order chi connectivity index (χ0) is 19.3. The summed E-state index contributed by atoms with van der Waals surface area (Å²) in [5.41, 5.74) is 2.08. The van der Waals surface area contributed by atoms with Gasteiger partial charge in [-0.2, -0.15) is 0 Å². The molecule has 0 amide bonds. The molecule has 0 aliphatic heterocycles. The van der Waals surface area contributed by atoms with Crippen molar-refractivity contribution in [2.75, 3.05) is 19.6 Å². The molecule has 1 aliphatic carbocycles. The van der Waals surface area contributed by atoms with Crippen LogP contribution in [0, 0.1) is 0 Å². The molecule has 1 unspecified atom stereocenters. The first-order valence-electron chi connectivity index (χ1n) is 10.5. The van der Waals surface area contributed by atoms with Gasteiger partial charge in [0.2, 0.25) is 0 Å². The monoisotopic (exact) mass is 357 g/mol. The average Bonchev–Trinajstić information content (AvgIpc) is 2.83. The maximum Gasteiger partial charge on any atom is 0.0808 e. The van der Waals surface area contributed by atoms with Crippen molar-refractivity contribution in [1.82, 2.24) is 4.90 Å². The van der Waals surface area contributed by atoms with Crippen LogP contribution >= 0.6 is 0 Å². The van der Waals surface area contributed by atoms with Crippen molar-refractivity contribution in [2.45, 2.75) is 71.8 Å². The van der Waals surface area contributed by atoms with E-state index < -0.39 is 5.60 Å². The Bertz CT molecular complexity index is 530. The van der Waals surface area contributed by atoms with E-state index in [4.69, 9.17) is 0 Å². The molecule has 0 heterocycles. The third-order valence-corrected chi connectivity index (χ3v) is 4.82. The molecule has 2 rings (SSSR count). The molecule has 26 heavy (non-hydrogen) atoms. The number of hydrogen-bond acceptors (Lipinski definition) is 2. The van der Waals surface area contributed by atoms with Gasteiger partial charge in [0, 0.05) is 0 Å². The molecule has 2 nitrogen and oxygen atoms in total. The van der Waals surface area contributed by atoms with E-state index in [0.717, 1.165) is 51.7 Å². The Balaban J connectivity index is 0.00000163. The fourth-order valence-corrected chi connectivity index (χ4v) is 3.37. The summed E-state index contributed by atoms with van der Waals surface area (Å²) in [5, 5.41) is 10.3. The Morgan fingerprint density at radius 2 is 1.69 bits per heavy atom. The Kier molecular flexibility index (Phi) is 11.2. The van der Waals surface area contributed by atoms with E-state index >= 15 is 0 Å². The van der Waals surface area contributed by atoms with Gasteiger partial charge in [0.15, 0.2) is 0 Å². The van der Waals surface area contributed by atoms with Crippen molar-refractivity contribution in [1.29, 1.82) is 0 Å². The van der Waals surface area contributed by atoms with Crippen molar-refractivity contribution in [3.63, 3.8) is 0 Å². The van der Waals surface area contributed by atoms with E-state index in [1.807, 2.05) is 20.8 Å². The molecule has 2 heteroatoms. The van der Waals surface area contributed by atoms with Crippen LogP contribution in [0.4, 0.5) is 0 Å². The summed E-state index contributed by atoms with van der Waals surface area (Å²) >= 11 is 0. The van der Waals surface area contributed by atoms with Gasteiger partial charge in [-0.05, 0) is 76.2 Å². The number of allylic oxidation sites excluding steroid dienone is 3. The highest BCUT2D eigenvalue weighted by atomic mass is 16.3. The first kappa shape index (κ1) is 22.7. The van der Waals surface area contributed by atoms with Crippen molar-refractivity contribution in [3.8, 4) is 0 Å². The number of aliphatic hydroxyl groups is 1. The van der Waals surface area contributed by atoms with Crippen molar-refractivity contribution < 1.29 is 5.11 Å².